The maximum absolute atomic E-state index is 13.1. The van der Waals surface area contributed by atoms with Crippen LogP contribution in [-0.2, 0) is 11.8 Å². The van der Waals surface area contributed by atoms with Crippen molar-refractivity contribution in [2.24, 2.45) is 18.9 Å². The molecule has 154 valence electrons. The zero-order chi connectivity index (χ0) is 20.3. The number of ether oxygens (including phenoxy) is 1. The molecule has 2 aromatic heterocycles. The first kappa shape index (κ1) is 18.4. The van der Waals surface area contributed by atoms with E-state index < -0.39 is 0 Å². The predicted molar refractivity (Wildman–Crippen MR) is 103 cm³/mol. The number of nitrogens with zero attached hydrogens (tertiary/aromatic N) is 3. The van der Waals surface area contributed by atoms with Gasteiger partial charge in [0.05, 0.1) is 23.8 Å². The molecule has 3 saturated heterocycles. The van der Waals surface area contributed by atoms with Crippen LogP contribution in [0.3, 0.4) is 0 Å². The van der Waals surface area contributed by atoms with E-state index in [-0.39, 0.29) is 35.4 Å². The standard InChI is InChI=1S/C21H26N4O4/c1-12-8-17(23-29-12)19(26)22-9-15-16-10-25(11-21(16)6-4-18(15)28-21)20(27)14-5-7-24(3)13(14)2/h5,7-8,15-16,18H,4,6,9-11H2,1-3H3,(H,22,26)/t15-,16+,18+,21+/m0/s1. The molecule has 5 heterocycles. The van der Waals surface area contributed by atoms with Gasteiger partial charge in [0.2, 0.25) is 0 Å². The third-order valence-electron chi connectivity index (χ3n) is 7.04. The molecule has 2 amide bonds. The Morgan fingerprint density at radius 2 is 2.21 bits per heavy atom. The minimum atomic E-state index is -0.261. The zero-order valence-corrected chi connectivity index (χ0v) is 17.0. The molecule has 29 heavy (non-hydrogen) atoms. The molecule has 5 rings (SSSR count). The molecule has 0 unspecified atom stereocenters. The fourth-order valence-electron chi connectivity index (χ4n) is 5.40. The first-order valence-corrected chi connectivity index (χ1v) is 10.2. The molecule has 3 aliphatic heterocycles. The van der Waals surface area contributed by atoms with Crippen LogP contribution in [0.4, 0.5) is 0 Å². The van der Waals surface area contributed by atoms with E-state index in [1.165, 1.54) is 0 Å². The second kappa shape index (κ2) is 6.45. The van der Waals surface area contributed by atoms with Gasteiger partial charge in [0.15, 0.2) is 5.69 Å². The first-order chi connectivity index (χ1) is 13.9. The van der Waals surface area contributed by atoms with Crippen LogP contribution in [0.2, 0.25) is 0 Å². The Labute approximate surface area is 169 Å². The summed E-state index contributed by atoms with van der Waals surface area (Å²) in [7, 11) is 1.95. The van der Waals surface area contributed by atoms with E-state index in [0.717, 1.165) is 24.1 Å². The molecular formula is C21H26N4O4. The van der Waals surface area contributed by atoms with E-state index in [2.05, 4.69) is 10.5 Å². The molecule has 1 N–H and O–H groups in total. The Kier molecular flexibility index (Phi) is 4.10. The van der Waals surface area contributed by atoms with Crippen molar-refractivity contribution < 1.29 is 18.8 Å². The number of carbonyl (C=O) groups excluding carboxylic acids is 2. The van der Waals surface area contributed by atoms with Gasteiger partial charge in [-0.2, -0.15) is 0 Å². The van der Waals surface area contributed by atoms with E-state index in [1.54, 1.807) is 13.0 Å². The Balaban J connectivity index is 1.29. The van der Waals surface area contributed by atoms with Gasteiger partial charge < -0.3 is 24.0 Å². The van der Waals surface area contributed by atoms with Crippen molar-refractivity contribution in [3.63, 3.8) is 0 Å². The molecular weight excluding hydrogens is 372 g/mol. The summed E-state index contributed by atoms with van der Waals surface area (Å²) in [5, 5.41) is 6.77. The second-order valence-corrected chi connectivity index (χ2v) is 8.67. The van der Waals surface area contributed by atoms with Crippen molar-refractivity contribution in [3.05, 3.63) is 41.0 Å². The number of rotatable bonds is 4. The van der Waals surface area contributed by atoms with Gasteiger partial charge in [-0.3, -0.25) is 9.59 Å². The Morgan fingerprint density at radius 3 is 2.90 bits per heavy atom. The monoisotopic (exact) mass is 398 g/mol. The normalized spacial score (nSPS) is 30.0. The van der Waals surface area contributed by atoms with Crippen LogP contribution in [-0.4, -0.2) is 57.8 Å². The van der Waals surface area contributed by atoms with Gasteiger partial charge in [-0.1, -0.05) is 5.16 Å². The molecule has 2 aromatic rings. The fraction of sp³-hybridized carbons (Fsp3) is 0.571. The number of aromatic nitrogens is 2. The van der Waals surface area contributed by atoms with Crippen LogP contribution < -0.4 is 5.32 Å². The second-order valence-electron chi connectivity index (χ2n) is 8.67. The molecule has 8 heteroatoms. The molecule has 0 radical (unpaired) electrons. The van der Waals surface area contributed by atoms with Gasteiger partial charge in [0.25, 0.3) is 11.8 Å². The topological polar surface area (TPSA) is 89.6 Å². The average Bonchev–Trinajstić information content (AvgIpc) is 3.48. The summed E-state index contributed by atoms with van der Waals surface area (Å²) in [6.45, 7) is 5.56. The zero-order valence-electron chi connectivity index (χ0n) is 17.0. The number of fused-ring (bicyclic) bond motifs is 1. The van der Waals surface area contributed by atoms with E-state index >= 15 is 0 Å². The summed E-state index contributed by atoms with van der Waals surface area (Å²) in [6, 6.07) is 3.52. The molecule has 3 aliphatic rings. The quantitative estimate of drug-likeness (QED) is 0.846. The number of amides is 2. The number of aryl methyl sites for hydroxylation is 2. The Bertz CT molecular complexity index is 979. The molecule has 1 spiro atoms. The van der Waals surface area contributed by atoms with E-state index in [1.807, 2.05) is 35.7 Å². The molecule has 0 aliphatic carbocycles. The number of hydrogen-bond donors (Lipinski definition) is 1. The van der Waals surface area contributed by atoms with Gasteiger partial charge in [0.1, 0.15) is 5.76 Å². The largest absolute Gasteiger partial charge is 0.369 e. The summed E-state index contributed by atoms with van der Waals surface area (Å²) in [5.74, 6) is 0.895. The van der Waals surface area contributed by atoms with Crippen LogP contribution in [0.5, 0.6) is 0 Å². The first-order valence-electron chi connectivity index (χ1n) is 10.2. The van der Waals surface area contributed by atoms with Crippen molar-refractivity contribution in [2.45, 2.75) is 38.4 Å². The summed E-state index contributed by atoms with van der Waals surface area (Å²) in [5.41, 5.74) is 1.76. The lowest BCUT2D eigenvalue weighted by atomic mass is 9.73. The van der Waals surface area contributed by atoms with Crippen LogP contribution in [0.25, 0.3) is 0 Å². The Morgan fingerprint density at radius 1 is 1.38 bits per heavy atom. The highest BCUT2D eigenvalue weighted by molar-refractivity contribution is 5.95. The maximum Gasteiger partial charge on any atom is 0.273 e. The van der Waals surface area contributed by atoms with Gasteiger partial charge in [-0.25, -0.2) is 0 Å². The van der Waals surface area contributed by atoms with Crippen molar-refractivity contribution >= 4 is 11.8 Å². The summed E-state index contributed by atoms with van der Waals surface area (Å²) >= 11 is 0. The molecule has 0 saturated carbocycles. The number of nitrogens with one attached hydrogen (secondary N) is 1. The summed E-state index contributed by atoms with van der Waals surface area (Å²) in [6.07, 6.45) is 4.03. The van der Waals surface area contributed by atoms with Crippen LogP contribution >= 0.6 is 0 Å². The van der Waals surface area contributed by atoms with Crippen LogP contribution in [0, 0.1) is 25.7 Å². The number of likely N-dealkylation sites (tertiary alicyclic amines) is 1. The van der Waals surface area contributed by atoms with Gasteiger partial charge in [-0.05, 0) is 32.8 Å². The lowest BCUT2D eigenvalue weighted by Gasteiger charge is -2.29. The Hall–Kier alpha value is -2.61. The van der Waals surface area contributed by atoms with Gasteiger partial charge in [-0.15, -0.1) is 0 Å². The van der Waals surface area contributed by atoms with Crippen LogP contribution in [0.15, 0.2) is 22.9 Å². The SMILES string of the molecule is Cc1cc(C(=O)NC[C@H]2[C@H]3CN(C(=O)c4ccn(C)c4C)C[C@]34CC[C@H]2O4)no1. The highest BCUT2D eigenvalue weighted by atomic mass is 16.5. The van der Waals surface area contributed by atoms with Gasteiger partial charge in [0, 0.05) is 49.9 Å². The number of hydrogen-bond acceptors (Lipinski definition) is 5. The molecule has 0 aromatic carbocycles. The molecule has 2 bridgehead atoms. The molecule has 8 nitrogen and oxygen atoms in total. The van der Waals surface area contributed by atoms with Crippen molar-refractivity contribution in [2.75, 3.05) is 19.6 Å². The van der Waals surface area contributed by atoms with E-state index in [0.29, 0.717) is 31.1 Å². The summed E-state index contributed by atoms with van der Waals surface area (Å²) in [4.78, 5) is 27.4. The fourth-order valence-corrected chi connectivity index (χ4v) is 5.40. The van der Waals surface area contributed by atoms with E-state index in [4.69, 9.17) is 9.26 Å². The third-order valence-corrected chi connectivity index (χ3v) is 7.04. The highest BCUT2D eigenvalue weighted by Crippen LogP contribution is 2.54. The molecule has 3 fully saturated rings. The van der Waals surface area contributed by atoms with Crippen molar-refractivity contribution in [1.29, 1.82) is 0 Å². The van der Waals surface area contributed by atoms with Gasteiger partial charge >= 0.3 is 0 Å². The van der Waals surface area contributed by atoms with Crippen LogP contribution in [0.1, 0.15) is 45.1 Å². The smallest absolute Gasteiger partial charge is 0.273 e. The third kappa shape index (κ3) is 2.80. The minimum Gasteiger partial charge on any atom is -0.369 e. The highest BCUT2D eigenvalue weighted by Gasteiger charge is 2.63. The lowest BCUT2D eigenvalue weighted by molar-refractivity contribution is 0.00316. The van der Waals surface area contributed by atoms with Crippen molar-refractivity contribution in [3.8, 4) is 0 Å². The average molecular weight is 398 g/mol. The minimum absolute atomic E-state index is 0.0692. The number of carbonyl (C=O) groups is 2. The predicted octanol–water partition coefficient (Wildman–Crippen LogP) is 1.68. The van der Waals surface area contributed by atoms with E-state index in [9.17, 15) is 9.59 Å². The maximum atomic E-state index is 13.1. The van der Waals surface area contributed by atoms with Crippen molar-refractivity contribution in [1.82, 2.24) is 19.9 Å². The lowest BCUT2D eigenvalue weighted by Crippen LogP contribution is -2.42. The summed E-state index contributed by atoms with van der Waals surface area (Å²) < 4.78 is 13.4. The molecule has 4 atom stereocenters.